The Kier molecular flexibility index (Phi) is 12.1. The number of hydrogen-bond acceptors (Lipinski definition) is 5. The van der Waals surface area contributed by atoms with E-state index < -0.39 is 11.7 Å². The third-order valence-corrected chi connectivity index (χ3v) is 6.16. The van der Waals surface area contributed by atoms with Gasteiger partial charge in [-0.3, -0.25) is 4.79 Å². The lowest BCUT2D eigenvalue weighted by atomic mass is 9.96. The van der Waals surface area contributed by atoms with E-state index in [0.717, 1.165) is 25.1 Å². The molecule has 0 saturated heterocycles. The summed E-state index contributed by atoms with van der Waals surface area (Å²) >= 11 is 0. The van der Waals surface area contributed by atoms with Crippen molar-refractivity contribution in [3.63, 3.8) is 0 Å². The number of ether oxygens (including phenoxy) is 1. The summed E-state index contributed by atoms with van der Waals surface area (Å²) in [6, 6.07) is 9.89. The maximum atomic E-state index is 12.0. The second-order valence-corrected chi connectivity index (χ2v) is 10.1. The van der Waals surface area contributed by atoms with Crippen LogP contribution < -0.4 is 0 Å². The number of benzene rings is 1. The fraction of sp³-hybridized carbons (Fsp3) is 0.667. The van der Waals surface area contributed by atoms with Crippen molar-refractivity contribution in [2.24, 2.45) is 0 Å². The van der Waals surface area contributed by atoms with Crippen LogP contribution in [0.4, 0.5) is 0 Å². The van der Waals surface area contributed by atoms with Crippen LogP contribution in [-0.4, -0.2) is 85.9 Å². The molecule has 1 unspecified atom stereocenters. The van der Waals surface area contributed by atoms with Gasteiger partial charge in [-0.05, 0) is 51.8 Å². The molecular weight excluding hydrogens is 386 g/mol. The zero-order valence-corrected chi connectivity index (χ0v) is 22.1. The first-order valence-corrected chi connectivity index (χ1v) is 13.4. The van der Waals surface area contributed by atoms with Crippen LogP contribution in [-0.2, 0) is 11.2 Å². The molecule has 7 heteroatoms. The molecule has 0 spiro atoms. The van der Waals surface area contributed by atoms with Crippen molar-refractivity contribution in [1.29, 1.82) is 0 Å². The summed E-state index contributed by atoms with van der Waals surface area (Å²) in [5.41, 5.74) is 0.229. The molecule has 0 fully saturated rings. The smallest absolute Gasteiger partial charge is 0.193 e. The lowest BCUT2D eigenvalue weighted by molar-refractivity contribution is 0.0177. The maximum absolute atomic E-state index is 12.0. The van der Waals surface area contributed by atoms with Crippen LogP contribution >= 0.6 is 0 Å². The van der Waals surface area contributed by atoms with E-state index in [1.54, 1.807) is 12.1 Å². The molecule has 0 amide bonds. The van der Waals surface area contributed by atoms with E-state index in [0.29, 0.717) is 25.3 Å². The predicted molar refractivity (Wildman–Crippen MR) is 123 cm³/mol. The van der Waals surface area contributed by atoms with Gasteiger partial charge in [0.2, 0.25) is 0 Å². The van der Waals surface area contributed by atoms with E-state index in [9.17, 15) is 15.0 Å². The molecule has 0 bridgehead atoms. The summed E-state index contributed by atoms with van der Waals surface area (Å²) < 4.78 is 5.67. The van der Waals surface area contributed by atoms with Gasteiger partial charge in [-0.15, -0.1) is 0 Å². The molecule has 0 aliphatic carbocycles. The standard InChI is InChI=1S/C21H39NO4Si2/c1-21(2,25)20(24)18-7-5-17(6-8-18)9-12-26-16-19(23)15-22(10-3-13-27)11-4-14-28/h5-8,19,23,25H,3-4,9-16H2,1-2,27-28H3. The van der Waals surface area contributed by atoms with Crippen molar-refractivity contribution in [3.05, 3.63) is 35.4 Å². The normalized spacial score (nSPS) is 13.3. The first kappa shape index (κ1) is 25.2. The number of ketones is 1. The Balaban J connectivity index is 2.34. The van der Waals surface area contributed by atoms with Gasteiger partial charge in [0.1, 0.15) is 5.60 Å². The summed E-state index contributed by atoms with van der Waals surface area (Å²) in [6.45, 7) is 6.74. The van der Waals surface area contributed by atoms with E-state index in [-0.39, 0.29) is 5.78 Å². The van der Waals surface area contributed by atoms with Crippen LogP contribution in [0.15, 0.2) is 24.3 Å². The quantitative estimate of drug-likeness (QED) is 0.239. The van der Waals surface area contributed by atoms with Crippen molar-refractivity contribution in [2.75, 3.05) is 32.8 Å². The molecule has 0 aromatic heterocycles. The molecule has 0 heterocycles. The first-order chi connectivity index (χ1) is 13.3. The van der Waals surface area contributed by atoms with E-state index in [1.165, 1.54) is 59.3 Å². The minimum absolute atomic E-state index is 0.279. The number of carbonyl (C=O) groups excluding carboxylic acids is 1. The highest BCUT2D eigenvalue weighted by Crippen LogP contribution is 2.14. The number of hydrogen-bond donors (Lipinski definition) is 2. The highest BCUT2D eigenvalue weighted by molar-refractivity contribution is 6.08. The summed E-state index contributed by atoms with van der Waals surface area (Å²) in [6.07, 6.45) is 2.74. The molecule has 0 aliphatic heterocycles. The Bertz CT molecular complexity index is 553. The molecule has 0 radical (unpaired) electrons. The van der Waals surface area contributed by atoms with Gasteiger partial charge in [-0.25, -0.2) is 0 Å². The Morgan fingerprint density at radius 1 is 1.14 bits per heavy atom. The van der Waals surface area contributed by atoms with Crippen LogP contribution in [0.25, 0.3) is 0 Å². The van der Waals surface area contributed by atoms with Crippen molar-refractivity contribution < 1.29 is 19.7 Å². The third-order valence-electron chi connectivity index (χ3n) is 4.74. The Morgan fingerprint density at radius 2 is 1.71 bits per heavy atom. The fourth-order valence-corrected chi connectivity index (χ4v) is 3.63. The molecule has 160 valence electrons. The topological polar surface area (TPSA) is 70.0 Å². The zero-order valence-electron chi connectivity index (χ0n) is 18.1. The average molecular weight is 426 g/mol. The molecule has 0 aliphatic rings. The van der Waals surface area contributed by atoms with E-state index in [4.69, 9.17) is 4.74 Å². The summed E-state index contributed by atoms with van der Waals surface area (Å²) in [7, 11) is 2.49. The van der Waals surface area contributed by atoms with Crippen molar-refractivity contribution >= 4 is 26.3 Å². The molecule has 2 N–H and O–H groups in total. The summed E-state index contributed by atoms with van der Waals surface area (Å²) in [4.78, 5) is 14.4. The second-order valence-electron chi connectivity index (χ2n) is 8.07. The van der Waals surface area contributed by atoms with Gasteiger partial charge in [-0.1, -0.05) is 36.4 Å². The lowest BCUT2D eigenvalue weighted by Gasteiger charge is -2.24. The van der Waals surface area contributed by atoms with Gasteiger partial charge in [-0.2, -0.15) is 0 Å². The van der Waals surface area contributed by atoms with Crippen LogP contribution in [0.1, 0.15) is 42.6 Å². The van der Waals surface area contributed by atoms with Gasteiger partial charge < -0.3 is 19.8 Å². The second kappa shape index (κ2) is 13.4. The number of Topliss-reactive ketones (excluding diaryl/α,β-unsaturated/α-hetero) is 1. The van der Waals surface area contributed by atoms with Gasteiger partial charge in [0.05, 0.1) is 19.3 Å². The van der Waals surface area contributed by atoms with E-state index in [1.807, 2.05) is 12.1 Å². The Morgan fingerprint density at radius 3 is 2.21 bits per heavy atom. The maximum Gasteiger partial charge on any atom is 0.193 e. The molecule has 0 saturated carbocycles. The predicted octanol–water partition coefficient (Wildman–Crippen LogP) is 0.210. The van der Waals surface area contributed by atoms with Gasteiger partial charge >= 0.3 is 0 Å². The lowest BCUT2D eigenvalue weighted by Crippen LogP contribution is -2.36. The fourth-order valence-electron chi connectivity index (χ4n) is 2.99. The molecule has 1 rings (SSSR count). The minimum atomic E-state index is -1.35. The highest BCUT2D eigenvalue weighted by atomic mass is 28.1. The van der Waals surface area contributed by atoms with Crippen LogP contribution in [0, 0.1) is 0 Å². The van der Waals surface area contributed by atoms with E-state index in [2.05, 4.69) is 4.90 Å². The van der Waals surface area contributed by atoms with Crippen molar-refractivity contribution in [2.45, 2.75) is 56.9 Å². The Hall–Kier alpha value is -0.836. The largest absolute Gasteiger partial charge is 0.389 e. The minimum Gasteiger partial charge on any atom is -0.389 e. The Labute approximate surface area is 176 Å². The van der Waals surface area contributed by atoms with Crippen molar-refractivity contribution in [1.82, 2.24) is 4.90 Å². The first-order valence-electron chi connectivity index (χ1n) is 10.6. The van der Waals surface area contributed by atoms with Gasteiger partial charge in [0.15, 0.2) is 5.78 Å². The molecular formula is C21H39NO4Si2. The molecule has 1 atom stereocenters. The zero-order chi connectivity index (χ0) is 21.0. The van der Waals surface area contributed by atoms with Gasteiger partial charge in [0.25, 0.3) is 0 Å². The number of carbonyl (C=O) groups is 1. The van der Waals surface area contributed by atoms with Crippen molar-refractivity contribution in [3.8, 4) is 0 Å². The molecule has 1 aromatic carbocycles. The van der Waals surface area contributed by atoms with Crippen LogP contribution in [0.5, 0.6) is 0 Å². The van der Waals surface area contributed by atoms with E-state index >= 15 is 0 Å². The summed E-state index contributed by atoms with van der Waals surface area (Å²) in [5, 5.41) is 20.1. The highest BCUT2D eigenvalue weighted by Gasteiger charge is 2.24. The van der Waals surface area contributed by atoms with Crippen LogP contribution in [0.3, 0.4) is 0 Å². The number of aliphatic hydroxyl groups excluding tert-OH is 1. The number of aliphatic hydroxyl groups is 2. The molecule has 1 aromatic rings. The number of rotatable bonds is 15. The summed E-state index contributed by atoms with van der Waals surface area (Å²) in [5.74, 6) is -0.279. The monoisotopic (exact) mass is 425 g/mol. The van der Waals surface area contributed by atoms with Gasteiger partial charge in [0, 0.05) is 32.6 Å². The molecule has 28 heavy (non-hydrogen) atoms. The molecule has 5 nitrogen and oxygen atoms in total. The van der Waals surface area contributed by atoms with Crippen LogP contribution in [0.2, 0.25) is 12.1 Å². The number of nitrogens with zero attached hydrogens (tertiary/aromatic N) is 1. The average Bonchev–Trinajstić information content (AvgIpc) is 2.66. The SMILES string of the molecule is CC(C)(O)C(=O)c1ccc(CCOCC(O)CN(CCC[SiH3])CCC[SiH3])cc1. The third kappa shape index (κ3) is 10.1.